The third-order valence-corrected chi connectivity index (χ3v) is 8.08. The Morgan fingerprint density at radius 3 is 2.25 bits per heavy atom. The summed E-state index contributed by atoms with van der Waals surface area (Å²) >= 11 is 0.830. The maximum Gasteiger partial charge on any atom is 0.0888 e. The minimum atomic E-state index is 0.131. The smallest absolute Gasteiger partial charge is 0.0888 e. The summed E-state index contributed by atoms with van der Waals surface area (Å²) in [6, 6.07) is 8.81. The fraction of sp³-hybridized carbons (Fsp3) is 0.611. The summed E-state index contributed by atoms with van der Waals surface area (Å²) in [6.45, 7) is 7.15. The third kappa shape index (κ3) is 1.19. The molecule has 0 aromatic heterocycles. The number of fused-ring (bicyclic) bond motifs is 4. The molecule has 1 aromatic rings. The Morgan fingerprint density at radius 2 is 1.70 bits per heavy atom. The first-order valence-electron chi connectivity index (χ1n) is 7.70. The first kappa shape index (κ1) is 12.8. The predicted molar refractivity (Wildman–Crippen MR) is 84.0 cm³/mol. The van der Waals surface area contributed by atoms with Crippen molar-refractivity contribution in [3.63, 3.8) is 0 Å². The van der Waals surface area contributed by atoms with Gasteiger partial charge in [0.05, 0.1) is 11.3 Å². The van der Waals surface area contributed by atoms with Crippen LogP contribution < -0.4 is 0 Å². The van der Waals surface area contributed by atoms with Crippen LogP contribution in [0.2, 0.25) is 0 Å². The van der Waals surface area contributed by atoms with Crippen LogP contribution in [0.4, 0.5) is 0 Å². The molecule has 2 saturated carbocycles. The highest BCUT2D eigenvalue weighted by Crippen LogP contribution is 2.72. The Balaban J connectivity index is 1.92. The van der Waals surface area contributed by atoms with Gasteiger partial charge in [-0.1, -0.05) is 45.0 Å². The van der Waals surface area contributed by atoms with E-state index in [0.29, 0.717) is 5.92 Å². The zero-order chi connectivity index (χ0) is 14.2. The summed E-state index contributed by atoms with van der Waals surface area (Å²) < 4.78 is 12.0. The van der Waals surface area contributed by atoms with Gasteiger partial charge in [0.2, 0.25) is 0 Å². The molecule has 2 fully saturated rings. The van der Waals surface area contributed by atoms with Crippen LogP contribution in [-0.4, -0.2) is 9.07 Å². The van der Waals surface area contributed by atoms with E-state index >= 15 is 0 Å². The summed E-state index contributed by atoms with van der Waals surface area (Å²) in [6.07, 6.45) is 4.68. The Bertz CT molecular complexity index is 628. The monoisotopic (exact) mass is 286 g/mol. The van der Waals surface area contributed by atoms with Crippen molar-refractivity contribution in [3.8, 4) is 0 Å². The topological polar surface area (TPSA) is 17.1 Å². The lowest BCUT2D eigenvalue weighted by Crippen LogP contribution is -2.41. The second kappa shape index (κ2) is 3.65. The average molecular weight is 286 g/mol. The van der Waals surface area contributed by atoms with Gasteiger partial charge in [-0.25, -0.2) is 4.21 Å². The maximum absolute atomic E-state index is 12.0. The quantitative estimate of drug-likeness (QED) is 0.666. The van der Waals surface area contributed by atoms with Crippen molar-refractivity contribution in [2.24, 2.45) is 22.2 Å². The second-order valence-electron chi connectivity index (χ2n) is 7.84. The normalized spacial score (nSPS) is 35.5. The lowest BCUT2D eigenvalue weighted by Gasteiger charge is -2.37. The van der Waals surface area contributed by atoms with Crippen molar-refractivity contribution >= 4 is 16.1 Å². The largest absolute Gasteiger partial charge is 0.212 e. The average Bonchev–Trinajstić information content (AvgIpc) is 2.91. The van der Waals surface area contributed by atoms with Crippen LogP contribution in [0.1, 0.15) is 44.7 Å². The molecule has 4 rings (SSSR count). The van der Waals surface area contributed by atoms with Gasteiger partial charge in [-0.15, -0.1) is 0 Å². The Morgan fingerprint density at radius 1 is 1.10 bits per heavy atom. The summed E-state index contributed by atoms with van der Waals surface area (Å²) in [4.78, 5) is 1.27. The van der Waals surface area contributed by atoms with Crippen LogP contribution in [0.5, 0.6) is 0 Å². The lowest BCUT2D eigenvalue weighted by molar-refractivity contribution is 0.142. The van der Waals surface area contributed by atoms with E-state index < -0.39 is 0 Å². The zero-order valence-electron chi connectivity index (χ0n) is 12.5. The number of hydrogen-bond acceptors (Lipinski definition) is 1. The summed E-state index contributed by atoms with van der Waals surface area (Å²) in [5.41, 5.74) is 3.50. The molecule has 1 aromatic carbocycles. The highest BCUT2D eigenvalue weighted by atomic mass is 32.1. The van der Waals surface area contributed by atoms with Gasteiger partial charge in [-0.2, -0.15) is 0 Å². The van der Waals surface area contributed by atoms with E-state index in [1.807, 2.05) is 0 Å². The third-order valence-electron chi connectivity index (χ3n) is 7.06. The van der Waals surface area contributed by atoms with Gasteiger partial charge >= 0.3 is 0 Å². The SMILES string of the molecule is CC1(C)[C@@H]2CC[C@@]1(C)C(=S=O)C21Cc2ccccc2C1. The van der Waals surface area contributed by atoms with Crippen molar-refractivity contribution in [1.29, 1.82) is 0 Å². The molecule has 0 aliphatic heterocycles. The van der Waals surface area contributed by atoms with Crippen molar-refractivity contribution in [2.75, 3.05) is 0 Å². The highest BCUT2D eigenvalue weighted by Gasteiger charge is 2.71. The molecule has 2 bridgehead atoms. The fourth-order valence-electron chi connectivity index (χ4n) is 5.81. The highest BCUT2D eigenvalue weighted by molar-refractivity contribution is 7.66. The molecule has 2 atom stereocenters. The van der Waals surface area contributed by atoms with Crippen molar-refractivity contribution in [3.05, 3.63) is 35.4 Å². The first-order valence-corrected chi connectivity index (χ1v) is 8.44. The maximum atomic E-state index is 12.0. The molecule has 3 aliphatic carbocycles. The molecule has 106 valence electrons. The van der Waals surface area contributed by atoms with Gasteiger partial charge in [0.1, 0.15) is 0 Å². The molecule has 1 nitrogen and oxygen atoms in total. The van der Waals surface area contributed by atoms with E-state index in [1.54, 1.807) is 0 Å². The van der Waals surface area contributed by atoms with E-state index in [-0.39, 0.29) is 16.2 Å². The van der Waals surface area contributed by atoms with E-state index in [0.717, 1.165) is 24.1 Å². The van der Waals surface area contributed by atoms with Gasteiger partial charge in [-0.3, -0.25) is 0 Å². The summed E-state index contributed by atoms with van der Waals surface area (Å²) in [5.74, 6) is 0.670. The molecule has 0 heterocycles. The van der Waals surface area contributed by atoms with Crippen LogP contribution in [-0.2, 0) is 24.1 Å². The molecule has 0 saturated heterocycles. The van der Waals surface area contributed by atoms with Crippen LogP contribution in [0.3, 0.4) is 0 Å². The first-order chi connectivity index (χ1) is 9.46. The Hall–Kier alpha value is -0.890. The van der Waals surface area contributed by atoms with Gasteiger partial charge < -0.3 is 0 Å². The molecule has 0 N–H and O–H groups in total. The van der Waals surface area contributed by atoms with Gasteiger partial charge in [0.25, 0.3) is 0 Å². The molecule has 20 heavy (non-hydrogen) atoms. The number of rotatable bonds is 0. The Labute approximate surface area is 124 Å². The van der Waals surface area contributed by atoms with Crippen molar-refractivity contribution in [2.45, 2.75) is 46.5 Å². The summed E-state index contributed by atoms with van der Waals surface area (Å²) in [7, 11) is 0. The van der Waals surface area contributed by atoms with Gasteiger partial charge in [0, 0.05) is 15.7 Å². The standard InChI is InChI=1S/C18H22OS/c1-16(2)14-8-9-17(16,3)15(20-19)18(14)10-12-6-4-5-7-13(12)11-18/h4-7,14H,8-11H2,1-3H3/t14-,17-/m0/s1. The van der Waals surface area contributed by atoms with Crippen LogP contribution >= 0.6 is 0 Å². The van der Waals surface area contributed by atoms with Crippen molar-refractivity contribution in [1.82, 2.24) is 0 Å². The zero-order valence-corrected chi connectivity index (χ0v) is 13.3. The van der Waals surface area contributed by atoms with Crippen LogP contribution in [0.15, 0.2) is 24.3 Å². The van der Waals surface area contributed by atoms with Gasteiger partial charge in [-0.05, 0) is 48.1 Å². The van der Waals surface area contributed by atoms with Crippen LogP contribution in [0, 0.1) is 22.2 Å². The minimum absolute atomic E-state index is 0.131. The van der Waals surface area contributed by atoms with Crippen molar-refractivity contribution < 1.29 is 4.21 Å². The molecule has 3 aliphatic rings. The molecule has 1 spiro atoms. The molecular weight excluding hydrogens is 264 g/mol. The van der Waals surface area contributed by atoms with E-state index in [4.69, 9.17) is 0 Å². The summed E-state index contributed by atoms with van der Waals surface area (Å²) in [5, 5.41) is 0. The molecule has 0 unspecified atom stereocenters. The number of hydrogen-bond donors (Lipinski definition) is 0. The fourth-order valence-corrected chi connectivity index (χ4v) is 6.81. The lowest BCUT2D eigenvalue weighted by atomic mass is 9.68. The van der Waals surface area contributed by atoms with Gasteiger partial charge in [0.15, 0.2) is 0 Å². The molecular formula is C18H22OS. The molecule has 0 radical (unpaired) electrons. The number of benzene rings is 1. The van der Waals surface area contributed by atoms with E-state index in [2.05, 4.69) is 45.0 Å². The molecule has 2 heteroatoms. The van der Waals surface area contributed by atoms with E-state index in [9.17, 15) is 4.21 Å². The van der Waals surface area contributed by atoms with Crippen LogP contribution in [0.25, 0.3) is 0 Å². The second-order valence-corrected chi connectivity index (χ2v) is 8.41. The Kier molecular flexibility index (Phi) is 2.34. The minimum Gasteiger partial charge on any atom is -0.212 e. The van der Waals surface area contributed by atoms with E-state index in [1.165, 1.54) is 28.8 Å². The predicted octanol–water partition coefficient (Wildman–Crippen LogP) is 3.61. The molecule has 0 amide bonds.